The summed E-state index contributed by atoms with van der Waals surface area (Å²) < 4.78 is 5.66. The number of oxazole rings is 1. The van der Waals surface area contributed by atoms with Gasteiger partial charge in [-0.05, 0) is 37.3 Å². The summed E-state index contributed by atoms with van der Waals surface area (Å²) in [6, 6.07) is 12.7. The molecule has 1 N–H and O–H groups in total. The van der Waals surface area contributed by atoms with E-state index in [9.17, 15) is 4.79 Å². The number of nitrogens with zero attached hydrogens (tertiary/aromatic N) is 2. The van der Waals surface area contributed by atoms with Crippen LogP contribution in [0.25, 0.3) is 22.4 Å². The largest absolute Gasteiger partial charge is 0.431 e. The number of fused-ring (bicyclic) bond motifs is 1. The topological polar surface area (TPSA) is 68.0 Å². The number of halogens is 2. The molecule has 0 bridgehead atoms. The third kappa shape index (κ3) is 4.17. The zero-order valence-corrected chi connectivity index (χ0v) is 17.6. The van der Waals surface area contributed by atoms with Gasteiger partial charge in [-0.15, -0.1) is 11.3 Å². The van der Waals surface area contributed by atoms with E-state index in [1.54, 1.807) is 25.1 Å². The Labute approximate surface area is 179 Å². The molecule has 2 aromatic carbocycles. The van der Waals surface area contributed by atoms with Crippen molar-refractivity contribution in [1.29, 1.82) is 0 Å². The first kappa shape index (κ1) is 19.3. The van der Waals surface area contributed by atoms with Crippen LogP contribution in [0.5, 0.6) is 0 Å². The summed E-state index contributed by atoms with van der Waals surface area (Å²) >= 11 is 14.7. The fourth-order valence-corrected chi connectivity index (χ4v) is 4.44. The molecule has 0 aliphatic heterocycles. The fraction of sp³-hybridized carbons (Fsp3) is 0.105. The van der Waals surface area contributed by atoms with Crippen LogP contribution in [-0.2, 0) is 4.79 Å². The molecule has 0 saturated carbocycles. The van der Waals surface area contributed by atoms with Crippen molar-refractivity contribution < 1.29 is 9.21 Å². The van der Waals surface area contributed by atoms with Gasteiger partial charge in [0, 0.05) is 16.0 Å². The number of thioether (sulfide) groups is 1. The Balaban J connectivity index is 1.43. The number of carbonyl (C=O) groups is 1. The minimum Gasteiger partial charge on any atom is -0.431 e. The van der Waals surface area contributed by atoms with Gasteiger partial charge in [-0.2, -0.15) is 0 Å². The van der Waals surface area contributed by atoms with E-state index in [0.717, 1.165) is 11.1 Å². The van der Waals surface area contributed by atoms with Gasteiger partial charge in [-0.25, -0.2) is 9.97 Å². The van der Waals surface area contributed by atoms with Gasteiger partial charge in [-0.1, -0.05) is 47.1 Å². The van der Waals surface area contributed by atoms with E-state index < -0.39 is 5.25 Å². The molecule has 142 valence electrons. The van der Waals surface area contributed by atoms with E-state index in [-0.39, 0.29) is 5.91 Å². The highest BCUT2D eigenvalue weighted by molar-refractivity contribution is 8.00. The number of hydrogen-bond donors (Lipinski definition) is 1. The summed E-state index contributed by atoms with van der Waals surface area (Å²) in [4.78, 5) is 21.3. The second-order valence-corrected chi connectivity index (χ2v) is 8.85. The van der Waals surface area contributed by atoms with E-state index in [1.807, 2.05) is 29.6 Å². The average molecular weight is 450 g/mol. The van der Waals surface area contributed by atoms with Crippen molar-refractivity contribution in [3.05, 3.63) is 57.9 Å². The molecule has 0 spiro atoms. The van der Waals surface area contributed by atoms with Crippen molar-refractivity contribution in [1.82, 2.24) is 9.97 Å². The number of aromatic nitrogens is 2. The zero-order valence-electron chi connectivity index (χ0n) is 14.5. The predicted octanol–water partition coefficient (Wildman–Crippen LogP) is 6.38. The van der Waals surface area contributed by atoms with E-state index in [2.05, 4.69) is 15.3 Å². The summed E-state index contributed by atoms with van der Waals surface area (Å²) in [5, 5.41) is 6.28. The highest BCUT2D eigenvalue weighted by atomic mass is 35.5. The maximum Gasteiger partial charge on any atom is 0.257 e. The third-order valence-electron chi connectivity index (χ3n) is 3.86. The molecule has 2 aromatic heterocycles. The molecule has 1 amide bonds. The van der Waals surface area contributed by atoms with Crippen LogP contribution in [0, 0.1) is 0 Å². The second kappa shape index (κ2) is 8.13. The fourth-order valence-electron chi connectivity index (χ4n) is 2.47. The molecule has 1 atom stereocenters. The number of amides is 1. The van der Waals surface area contributed by atoms with Crippen molar-refractivity contribution in [3.8, 4) is 11.3 Å². The van der Waals surface area contributed by atoms with Gasteiger partial charge in [0.2, 0.25) is 5.91 Å². The Kier molecular flexibility index (Phi) is 5.59. The van der Waals surface area contributed by atoms with Crippen LogP contribution in [-0.4, -0.2) is 21.1 Å². The lowest BCUT2D eigenvalue weighted by Gasteiger charge is -2.07. The lowest BCUT2D eigenvalue weighted by Crippen LogP contribution is -2.22. The Hall–Kier alpha value is -2.06. The molecule has 9 heteroatoms. The first-order chi connectivity index (χ1) is 13.5. The lowest BCUT2D eigenvalue weighted by molar-refractivity contribution is -0.115. The van der Waals surface area contributed by atoms with Crippen LogP contribution < -0.4 is 5.32 Å². The standard InChI is InChI=1S/C19H13Cl2N3O2S2/c1-10(28-19-23-14-4-2-3-5-16(14)26-19)17(25)24-18-22-15(9-27-18)12-7-6-11(20)8-13(12)21/h2-10H,1H3,(H,22,24,25). The van der Waals surface area contributed by atoms with Crippen molar-refractivity contribution in [3.63, 3.8) is 0 Å². The normalized spacial score (nSPS) is 12.2. The third-order valence-corrected chi connectivity index (χ3v) is 6.11. The number of thiazole rings is 1. The van der Waals surface area contributed by atoms with Crippen LogP contribution in [0.2, 0.25) is 10.0 Å². The summed E-state index contributed by atoms with van der Waals surface area (Å²) in [6.07, 6.45) is 0. The molecule has 0 aliphatic carbocycles. The van der Waals surface area contributed by atoms with Gasteiger partial charge in [0.15, 0.2) is 10.7 Å². The SMILES string of the molecule is CC(Sc1nc2ccccc2o1)C(=O)Nc1nc(-c2ccc(Cl)cc2Cl)cs1. The lowest BCUT2D eigenvalue weighted by atomic mass is 10.2. The molecule has 0 fully saturated rings. The molecule has 4 rings (SSSR count). The number of benzene rings is 2. The van der Waals surface area contributed by atoms with E-state index in [4.69, 9.17) is 27.6 Å². The van der Waals surface area contributed by atoms with Gasteiger partial charge in [0.25, 0.3) is 5.22 Å². The molecule has 1 unspecified atom stereocenters. The molecule has 0 aliphatic rings. The number of rotatable bonds is 5. The summed E-state index contributed by atoms with van der Waals surface area (Å²) in [7, 11) is 0. The number of nitrogens with one attached hydrogen (secondary N) is 1. The number of anilines is 1. The van der Waals surface area contributed by atoms with Crippen LogP contribution in [0.3, 0.4) is 0 Å². The summed E-state index contributed by atoms with van der Waals surface area (Å²) in [6.45, 7) is 1.79. The van der Waals surface area contributed by atoms with Crippen LogP contribution in [0.15, 0.2) is 57.5 Å². The maximum absolute atomic E-state index is 12.5. The molecule has 2 heterocycles. The van der Waals surface area contributed by atoms with Gasteiger partial charge in [0.1, 0.15) is 5.52 Å². The average Bonchev–Trinajstić information content (AvgIpc) is 3.27. The van der Waals surface area contributed by atoms with Gasteiger partial charge < -0.3 is 9.73 Å². The Morgan fingerprint density at radius 1 is 1.21 bits per heavy atom. The highest BCUT2D eigenvalue weighted by Gasteiger charge is 2.19. The Morgan fingerprint density at radius 2 is 2.04 bits per heavy atom. The van der Waals surface area contributed by atoms with E-state index >= 15 is 0 Å². The van der Waals surface area contributed by atoms with Crippen molar-refractivity contribution in [2.75, 3.05) is 5.32 Å². The molecule has 0 saturated heterocycles. The molecule has 4 aromatic rings. The molecule has 5 nitrogen and oxygen atoms in total. The highest BCUT2D eigenvalue weighted by Crippen LogP contribution is 2.33. The van der Waals surface area contributed by atoms with Crippen molar-refractivity contribution in [2.24, 2.45) is 0 Å². The Bertz CT molecular complexity index is 1130. The predicted molar refractivity (Wildman–Crippen MR) is 116 cm³/mol. The van der Waals surface area contributed by atoms with Crippen molar-refractivity contribution in [2.45, 2.75) is 17.4 Å². The first-order valence-corrected chi connectivity index (χ1v) is 10.7. The van der Waals surface area contributed by atoms with Gasteiger partial charge in [-0.3, -0.25) is 4.79 Å². The minimum atomic E-state index is -0.403. The number of para-hydroxylation sites is 2. The number of carbonyl (C=O) groups excluding carboxylic acids is 1. The monoisotopic (exact) mass is 449 g/mol. The minimum absolute atomic E-state index is 0.185. The van der Waals surface area contributed by atoms with Crippen molar-refractivity contribution >= 4 is 68.4 Å². The van der Waals surface area contributed by atoms with Crippen LogP contribution >= 0.6 is 46.3 Å². The molecular formula is C19H13Cl2N3O2S2. The molecule has 28 heavy (non-hydrogen) atoms. The quantitative estimate of drug-likeness (QED) is 0.358. The number of hydrogen-bond acceptors (Lipinski definition) is 6. The Morgan fingerprint density at radius 3 is 2.82 bits per heavy atom. The maximum atomic E-state index is 12.5. The van der Waals surface area contributed by atoms with Crippen LogP contribution in [0.1, 0.15) is 6.92 Å². The van der Waals surface area contributed by atoms with Gasteiger partial charge in [0.05, 0.1) is 16.0 Å². The molecular weight excluding hydrogens is 437 g/mol. The van der Waals surface area contributed by atoms with Gasteiger partial charge >= 0.3 is 0 Å². The molecule has 0 radical (unpaired) electrons. The van der Waals surface area contributed by atoms with Crippen LogP contribution in [0.4, 0.5) is 5.13 Å². The van der Waals surface area contributed by atoms with E-state index in [0.29, 0.717) is 31.7 Å². The smallest absolute Gasteiger partial charge is 0.257 e. The zero-order chi connectivity index (χ0) is 19.7. The summed E-state index contributed by atoms with van der Waals surface area (Å²) in [5.41, 5.74) is 2.90. The second-order valence-electron chi connectivity index (χ2n) is 5.86. The summed E-state index contributed by atoms with van der Waals surface area (Å²) in [5.74, 6) is -0.185. The van der Waals surface area contributed by atoms with E-state index in [1.165, 1.54) is 23.1 Å². The first-order valence-electron chi connectivity index (χ1n) is 8.23.